The summed E-state index contributed by atoms with van der Waals surface area (Å²) in [6.45, 7) is 9.67. The Balaban J connectivity index is 2.47. The van der Waals surface area contributed by atoms with Gasteiger partial charge in [-0.1, -0.05) is 136 Å². The van der Waals surface area contributed by atoms with Crippen LogP contribution in [-0.2, 0) is 11.2 Å². The zero-order valence-electron chi connectivity index (χ0n) is 23.3. The second-order valence-electron chi connectivity index (χ2n) is 10.9. The largest absolute Gasteiger partial charge is 0.462 e. The lowest BCUT2D eigenvalue weighted by molar-refractivity contribution is 0.0264. The van der Waals surface area contributed by atoms with Gasteiger partial charge in [0.15, 0.2) is 0 Å². The van der Waals surface area contributed by atoms with Gasteiger partial charge in [0.05, 0.1) is 12.2 Å². The smallest absolute Gasteiger partial charge is 0.338 e. The van der Waals surface area contributed by atoms with Gasteiger partial charge in [0.2, 0.25) is 0 Å². The first-order valence-electron chi connectivity index (χ1n) is 14.8. The number of aryl methyl sites for hydroxylation is 1. The number of unbranched alkanes of at least 4 members (excludes halogenated alkanes) is 13. The van der Waals surface area contributed by atoms with Gasteiger partial charge < -0.3 is 4.74 Å². The molecule has 1 aromatic carbocycles. The molecule has 0 aliphatic rings. The maximum Gasteiger partial charge on any atom is 0.338 e. The second kappa shape index (κ2) is 19.9. The minimum absolute atomic E-state index is 0.103. The number of rotatable bonds is 22. The molecule has 1 atom stereocenters. The molecule has 1 aromatic rings. The molecule has 0 fully saturated rings. The average Bonchev–Trinajstić information content (AvgIpc) is 2.85. The number of carbonyl (C=O) groups excluding carboxylic acids is 1. The molecule has 34 heavy (non-hydrogen) atoms. The molecule has 1 unspecified atom stereocenters. The van der Waals surface area contributed by atoms with Crippen molar-refractivity contribution in [3.63, 3.8) is 0 Å². The summed E-state index contributed by atoms with van der Waals surface area (Å²) in [5, 5.41) is 0. The highest BCUT2D eigenvalue weighted by Crippen LogP contribution is 2.32. The molecule has 0 saturated heterocycles. The van der Waals surface area contributed by atoms with Crippen LogP contribution in [0.25, 0.3) is 0 Å². The van der Waals surface area contributed by atoms with Crippen LogP contribution in [0.2, 0.25) is 0 Å². The Kier molecular flexibility index (Phi) is 18.0. The van der Waals surface area contributed by atoms with Crippen molar-refractivity contribution in [2.75, 3.05) is 6.61 Å². The van der Waals surface area contributed by atoms with E-state index in [2.05, 4.69) is 39.8 Å². The average molecular weight is 473 g/mol. The molecule has 0 amide bonds. The Morgan fingerprint density at radius 3 is 1.62 bits per heavy atom. The molecule has 0 spiro atoms. The topological polar surface area (TPSA) is 26.3 Å². The maximum atomic E-state index is 12.8. The summed E-state index contributed by atoms with van der Waals surface area (Å²) in [5.74, 6) is -0.158. The van der Waals surface area contributed by atoms with Crippen molar-refractivity contribution in [3.8, 4) is 0 Å². The predicted octanol–water partition coefficient (Wildman–Crippen LogP) is 10.5. The van der Waals surface area contributed by atoms with Gasteiger partial charge in [-0.2, -0.15) is 0 Å². The Morgan fingerprint density at radius 2 is 1.09 bits per heavy atom. The van der Waals surface area contributed by atoms with E-state index in [-0.39, 0.29) is 11.4 Å². The Hall–Kier alpha value is -1.31. The van der Waals surface area contributed by atoms with Crippen molar-refractivity contribution < 1.29 is 9.53 Å². The highest BCUT2D eigenvalue weighted by molar-refractivity contribution is 5.89. The van der Waals surface area contributed by atoms with Crippen LogP contribution in [0.5, 0.6) is 0 Å². The first-order chi connectivity index (χ1) is 16.5. The summed E-state index contributed by atoms with van der Waals surface area (Å²) < 4.78 is 5.88. The molecule has 0 aliphatic heterocycles. The van der Waals surface area contributed by atoms with Crippen LogP contribution in [0.4, 0.5) is 0 Å². The van der Waals surface area contributed by atoms with E-state index < -0.39 is 0 Å². The van der Waals surface area contributed by atoms with E-state index in [9.17, 15) is 4.79 Å². The molecule has 0 N–H and O–H groups in total. The molecule has 196 valence electrons. The highest BCUT2D eigenvalue weighted by Gasteiger charge is 2.26. The van der Waals surface area contributed by atoms with Crippen LogP contribution >= 0.6 is 0 Å². The summed E-state index contributed by atoms with van der Waals surface area (Å²) >= 11 is 0. The fourth-order valence-electron chi connectivity index (χ4n) is 4.82. The molecule has 2 nitrogen and oxygen atoms in total. The van der Waals surface area contributed by atoms with Crippen molar-refractivity contribution in [1.29, 1.82) is 0 Å². The first-order valence-corrected chi connectivity index (χ1v) is 14.8. The molecule has 0 aliphatic carbocycles. The van der Waals surface area contributed by atoms with Crippen molar-refractivity contribution in [3.05, 3.63) is 35.4 Å². The van der Waals surface area contributed by atoms with Crippen molar-refractivity contribution in [2.24, 2.45) is 5.41 Å². The van der Waals surface area contributed by atoms with Gasteiger partial charge in [-0.05, 0) is 43.4 Å². The maximum absolute atomic E-state index is 12.8. The molecule has 0 heterocycles. The zero-order chi connectivity index (χ0) is 24.9. The minimum Gasteiger partial charge on any atom is -0.462 e. The normalized spacial score (nSPS) is 13.1. The van der Waals surface area contributed by atoms with Gasteiger partial charge in [-0.3, -0.25) is 0 Å². The minimum atomic E-state index is -0.158. The number of esters is 1. The number of ether oxygens (including phenoxy) is 1. The molecule has 0 radical (unpaired) electrons. The summed E-state index contributed by atoms with van der Waals surface area (Å²) in [6.07, 6.45) is 24.3. The van der Waals surface area contributed by atoms with Crippen LogP contribution in [0.3, 0.4) is 0 Å². The SMILES string of the molecule is CCCCCCCCc1ccc(C(=O)OCC(C)(CCCCCC)CCCCCCCC)cc1. The van der Waals surface area contributed by atoms with Gasteiger partial charge in [0.1, 0.15) is 0 Å². The quantitative estimate of drug-likeness (QED) is 0.124. The van der Waals surface area contributed by atoms with E-state index in [1.54, 1.807) is 0 Å². The second-order valence-corrected chi connectivity index (χ2v) is 10.9. The third kappa shape index (κ3) is 14.8. The summed E-state index contributed by atoms with van der Waals surface area (Å²) in [6, 6.07) is 8.15. The lowest BCUT2D eigenvalue weighted by atomic mass is 9.80. The molecule has 0 saturated carbocycles. The summed E-state index contributed by atoms with van der Waals surface area (Å²) in [4.78, 5) is 12.8. The molecule has 1 rings (SSSR count). The van der Waals surface area contributed by atoms with E-state index in [1.165, 1.54) is 108 Å². The fourth-order valence-corrected chi connectivity index (χ4v) is 4.82. The molecule has 0 bridgehead atoms. The van der Waals surface area contributed by atoms with Crippen molar-refractivity contribution in [2.45, 2.75) is 150 Å². The van der Waals surface area contributed by atoms with E-state index >= 15 is 0 Å². The first kappa shape index (κ1) is 30.7. The van der Waals surface area contributed by atoms with E-state index in [4.69, 9.17) is 4.74 Å². The van der Waals surface area contributed by atoms with Gasteiger partial charge in [0.25, 0.3) is 0 Å². The third-order valence-electron chi connectivity index (χ3n) is 7.33. The Morgan fingerprint density at radius 1 is 0.647 bits per heavy atom. The fraction of sp³-hybridized carbons (Fsp3) is 0.781. The zero-order valence-corrected chi connectivity index (χ0v) is 23.3. The van der Waals surface area contributed by atoms with Crippen LogP contribution in [-0.4, -0.2) is 12.6 Å². The van der Waals surface area contributed by atoms with Crippen LogP contribution in [0, 0.1) is 5.41 Å². The standard InChI is InChI=1S/C32H56O2/c1-5-8-11-14-16-18-21-29-22-24-30(25-23-29)31(33)34-28-32(4,26-19-13-10-7-3)27-20-17-15-12-9-6-2/h22-25H,5-21,26-28H2,1-4H3. The Labute approximate surface area is 212 Å². The number of carbonyl (C=O) groups is 1. The van der Waals surface area contributed by atoms with Crippen molar-refractivity contribution >= 4 is 5.97 Å². The summed E-state index contributed by atoms with van der Waals surface area (Å²) in [5.41, 5.74) is 2.13. The lowest BCUT2D eigenvalue weighted by Crippen LogP contribution is -2.25. The van der Waals surface area contributed by atoms with Crippen molar-refractivity contribution in [1.82, 2.24) is 0 Å². The van der Waals surface area contributed by atoms with Gasteiger partial charge >= 0.3 is 5.97 Å². The van der Waals surface area contributed by atoms with Crippen LogP contribution < -0.4 is 0 Å². The van der Waals surface area contributed by atoms with Crippen LogP contribution in [0.15, 0.2) is 24.3 Å². The molecular formula is C32H56O2. The predicted molar refractivity (Wildman–Crippen MR) is 149 cm³/mol. The lowest BCUT2D eigenvalue weighted by Gasteiger charge is -2.29. The highest BCUT2D eigenvalue weighted by atomic mass is 16.5. The number of benzene rings is 1. The summed E-state index contributed by atoms with van der Waals surface area (Å²) in [7, 11) is 0. The van der Waals surface area contributed by atoms with E-state index in [0.717, 1.165) is 19.3 Å². The van der Waals surface area contributed by atoms with E-state index in [1.807, 2.05) is 12.1 Å². The van der Waals surface area contributed by atoms with Crippen LogP contribution in [0.1, 0.15) is 159 Å². The third-order valence-corrected chi connectivity index (χ3v) is 7.33. The van der Waals surface area contributed by atoms with Gasteiger partial charge in [0, 0.05) is 5.41 Å². The van der Waals surface area contributed by atoms with E-state index in [0.29, 0.717) is 12.2 Å². The number of hydrogen-bond acceptors (Lipinski definition) is 2. The van der Waals surface area contributed by atoms with Gasteiger partial charge in [-0.15, -0.1) is 0 Å². The van der Waals surface area contributed by atoms with Gasteiger partial charge in [-0.25, -0.2) is 4.79 Å². The Bertz CT molecular complexity index is 606. The monoisotopic (exact) mass is 472 g/mol. The molecule has 2 heteroatoms. The molecular weight excluding hydrogens is 416 g/mol. The molecule has 0 aromatic heterocycles. The number of hydrogen-bond donors (Lipinski definition) is 0.